The summed E-state index contributed by atoms with van der Waals surface area (Å²) in [6.45, 7) is 6.15. The molecule has 4 nitrogen and oxygen atoms in total. The lowest BCUT2D eigenvalue weighted by molar-refractivity contribution is 0.581. The number of hydrogen-bond donors (Lipinski definition) is 1. The van der Waals surface area contributed by atoms with Crippen molar-refractivity contribution >= 4 is 44.3 Å². The summed E-state index contributed by atoms with van der Waals surface area (Å²) >= 11 is 8.92. The van der Waals surface area contributed by atoms with E-state index in [0.717, 1.165) is 30.9 Å². The summed E-state index contributed by atoms with van der Waals surface area (Å²) in [6.07, 6.45) is 0.608. The maximum atomic E-state index is 12.7. The minimum atomic E-state index is -3.55. The quantitative estimate of drug-likeness (QED) is 0.605. The highest BCUT2D eigenvalue weighted by Gasteiger charge is 2.21. The van der Waals surface area contributed by atoms with Gasteiger partial charge >= 0.3 is 0 Å². The van der Waals surface area contributed by atoms with E-state index in [0.29, 0.717) is 22.9 Å². The Balaban J connectivity index is 1.73. The Hall–Kier alpha value is -1.25. The zero-order chi connectivity index (χ0) is 18.9. The van der Waals surface area contributed by atoms with E-state index < -0.39 is 10.0 Å². The first-order chi connectivity index (χ1) is 12.3. The molecule has 0 fully saturated rings. The SMILES string of the molecule is Cc1nc(-c2cc(S(=O)(=O)NCCc3ccc(Cl)cc3)c(C)s2)sc1C. The number of sulfonamides is 1. The molecule has 2 heterocycles. The molecule has 0 aliphatic rings. The molecule has 0 radical (unpaired) electrons. The molecular weight excluding hydrogens is 408 g/mol. The van der Waals surface area contributed by atoms with Gasteiger partial charge in [0, 0.05) is 21.3 Å². The molecule has 138 valence electrons. The minimum absolute atomic E-state index is 0.333. The van der Waals surface area contributed by atoms with E-state index in [1.807, 2.05) is 32.9 Å². The molecule has 26 heavy (non-hydrogen) atoms. The normalized spacial score (nSPS) is 11.8. The fourth-order valence-corrected chi connectivity index (χ4v) is 6.18. The van der Waals surface area contributed by atoms with Gasteiger partial charge in [-0.25, -0.2) is 18.1 Å². The van der Waals surface area contributed by atoms with Gasteiger partial charge < -0.3 is 0 Å². The van der Waals surface area contributed by atoms with Crippen molar-refractivity contribution in [2.24, 2.45) is 0 Å². The molecule has 3 aromatic rings. The Morgan fingerprint density at radius 2 is 1.77 bits per heavy atom. The number of nitrogens with zero attached hydrogens (tertiary/aromatic N) is 1. The van der Waals surface area contributed by atoms with Crippen LogP contribution >= 0.6 is 34.3 Å². The predicted molar refractivity (Wildman–Crippen MR) is 110 cm³/mol. The molecule has 0 saturated carbocycles. The summed E-state index contributed by atoms with van der Waals surface area (Å²) in [5.41, 5.74) is 2.02. The first-order valence-electron chi connectivity index (χ1n) is 8.05. The van der Waals surface area contributed by atoms with Gasteiger partial charge in [0.25, 0.3) is 0 Å². The Labute approximate surface area is 166 Å². The maximum absolute atomic E-state index is 12.7. The van der Waals surface area contributed by atoms with Gasteiger partial charge in [-0.1, -0.05) is 23.7 Å². The number of aryl methyl sites for hydroxylation is 3. The fourth-order valence-electron chi connectivity index (χ4n) is 2.47. The molecule has 0 amide bonds. The molecule has 8 heteroatoms. The lowest BCUT2D eigenvalue weighted by atomic mass is 10.2. The Morgan fingerprint density at radius 1 is 1.08 bits per heavy atom. The predicted octanol–water partition coefficient (Wildman–Crippen LogP) is 4.97. The third kappa shape index (κ3) is 4.35. The van der Waals surface area contributed by atoms with Crippen LogP contribution in [0.2, 0.25) is 5.02 Å². The molecule has 0 unspecified atom stereocenters. The average molecular weight is 427 g/mol. The number of thiazole rings is 1. The third-order valence-corrected chi connectivity index (χ3v) is 8.28. The van der Waals surface area contributed by atoms with Gasteiger partial charge in [-0.2, -0.15) is 0 Å². The van der Waals surface area contributed by atoms with Crippen molar-refractivity contribution in [3.8, 4) is 9.88 Å². The van der Waals surface area contributed by atoms with Crippen molar-refractivity contribution in [3.63, 3.8) is 0 Å². The molecular formula is C18H19ClN2O2S3. The van der Waals surface area contributed by atoms with Gasteiger partial charge in [0.05, 0.1) is 15.5 Å². The van der Waals surface area contributed by atoms with Crippen LogP contribution in [-0.4, -0.2) is 19.9 Å². The van der Waals surface area contributed by atoms with E-state index in [4.69, 9.17) is 11.6 Å². The molecule has 2 aromatic heterocycles. The number of halogens is 1. The van der Waals surface area contributed by atoms with E-state index in [-0.39, 0.29) is 0 Å². The highest BCUT2D eigenvalue weighted by atomic mass is 35.5. The van der Waals surface area contributed by atoms with Crippen LogP contribution < -0.4 is 4.72 Å². The summed E-state index contributed by atoms with van der Waals surface area (Å²) in [6, 6.07) is 9.13. The smallest absolute Gasteiger partial charge is 0.240 e. The monoisotopic (exact) mass is 426 g/mol. The van der Waals surface area contributed by atoms with Crippen LogP contribution in [0, 0.1) is 20.8 Å². The highest BCUT2D eigenvalue weighted by molar-refractivity contribution is 7.89. The Morgan fingerprint density at radius 3 is 2.38 bits per heavy atom. The summed E-state index contributed by atoms with van der Waals surface area (Å²) in [4.78, 5) is 7.67. The van der Waals surface area contributed by atoms with E-state index in [9.17, 15) is 8.42 Å². The van der Waals surface area contributed by atoms with Crippen LogP contribution in [0.1, 0.15) is 21.0 Å². The average Bonchev–Trinajstić information content (AvgIpc) is 3.13. The first-order valence-corrected chi connectivity index (χ1v) is 11.5. The summed E-state index contributed by atoms with van der Waals surface area (Å²) in [5, 5.41) is 1.54. The van der Waals surface area contributed by atoms with Gasteiger partial charge in [0.1, 0.15) is 5.01 Å². The molecule has 0 saturated heterocycles. The number of benzene rings is 1. The molecule has 0 spiro atoms. The van der Waals surface area contributed by atoms with Crippen molar-refractivity contribution in [2.45, 2.75) is 32.1 Å². The van der Waals surface area contributed by atoms with Crippen LogP contribution in [0.4, 0.5) is 0 Å². The topological polar surface area (TPSA) is 59.1 Å². The number of nitrogens with one attached hydrogen (secondary N) is 1. The second-order valence-corrected chi connectivity index (χ2v) is 10.6. The molecule has 1 aromatic carbocycles. The van der Waals surface area contributed by atoms with Crippen LogP contribution in [-0.2, 0) is 16.4 Å². The molecule has 0 bridgehead atoms. The minimum Gasteiger partial charge on any atom is -0.240 e. The Bertz CT molecular complexity index is 1000. The van der Waals surface area contributed by atoms with Crippen LogP contribution in [0.25, 0.3) is 9.88 Å². The van der Waals surface area contributed by atoms with E-state index >= 15 is 0 Å². The summed E-state index contributed by atoms with van der Waals surface area (Å²) in [5.74, 6) is 0. The van der Waals surface area contributed by atoms with Gasteiger partial charge in [-0.15, -0.1) is 22.7 Å². The molecule has 0 atom stereocenters. The van der Waals surface area contributed by atoms with Crippen LogP contribution in [0.15, 0.2) is 35.2 Å². The third-order valence-electron chi connectivity index (χ3n) is 4.02. The fraction of sp³-hybridized carbons (Fsp3) is 0.278. The van der Waals surface area contributed by atoms with E-state index in [2.05, 4.69) is 9.71 Å². The van der Waals surface area contributed by atoms with E-state index in [1.54, 1.807) is 29.5 Å². The number of thiophene rings is 1. The van der Waals surface area contributed by atoms with Gasteiger partial charge in [-0.05, 0) is 51.0 Å². The number of hydrogen-bond acceptors (Lipinski definition) is 5. The first kappa shape index (κ1) is 19.5. The van der Waals surface area contributed by atoms with Crippen LogP contribution in [0.5, 0.6) is 0 Å². The molecule has 1 N–H and O–H groups in total. The lowest BCUT2D eigenvalue weighted by Crippen LogP contribution is -2.26. The zero-order valence-electron chi connectivity index (χ0n) is 14.7. The largest absolute Gasteiger partial charge is 0.241 e. The Kier molecular flexibility index (Phi) is 5.84. The summed E-state index contributed by atoms with van der Waals surface area (Å²) < 4.78 is 28.0. The van der Waals surface area contributed by atoms with Crippen molar-refractivity contribution < 1.29 is 8.42 Å². The molecule has 0 aliphatic heterocycles. The number of aromatic nitrogens is 1. The number of rotatable bonds is 6. The van der Waals surface area contributed by atoms with Crippen molar-refractivity contribution in [1.29, 1.82) is 0 Å². The van der Waals surface area contributed by atoms with Crippen LogP contribution in [0.3, 0.4) is 0 Å². The van der Waals surface area contributed by atoms with Gasteiger partial charge in [-0.3, -0.25) is 0 Å². The van der Waals surface area contributed by atoms with Gasteiger partial charge in [0.15, 0.2) is 0 Å². The maximum Gasteiger partial charge on any atom is 0.241 e. The molecule has 0 aliphatic carbocycles. The van der Waals surface area contributed by atoms with Crippen molar-refractivity contribution in [2.75, 3.05) is 6.54 Å². The van der Waals surface area contributed by atoms with Crippen molar-refractivity contribution in [3.05, 3.63) is 56.4 Å². The zero-order valence-corrected chi connectivity index (χ0v) is 17.9. The lowest BCUT2D eigenvalue weighted by Gasteiger charge is -2.06. The summed E-state index contributed by atoms with van der Waals surface area (Å²) in [7, 11) is -3.55. The molecule has 3 rings (SSSR count). The van der Waals surface area contributed by atoms with E-state index in [1.165, 1.54) is 11.3 Å². The standard InChI is InChI=1S/C18H19ClN2O2S3/c1-11-12(2)25-18(21-11)16-10-17(13(3)24-16)26(22,23)20-9-8-14-4-6-15(19)7-5-14/h4-7,10,20H,8-9H2,1-3H3. The second-order valence-electron chi connectivity index (χ2n) is 5.97. The van der Waals surface area contributed by atoms with Gasteiger partial charge in [0.2, 0.25) is 10.0 Å². The second kappa shape index (κ2) is 7.78. The van der Waals surface area contributed by atoms with Crippen molar-refractivity contribution in [1.82, 2.24) is 9.71 Å². The highest BCUT2D eigenvalue weighted by Crippen LogP contribution is 2.36.